The van der Waals surface area contributed by atoms with E-state index in [0.29, 0.717) is 0 Å². The fourth-order valence-corrected chi connectivity index (χ4v) is 3.07. The number of halogens is 1. The van der Waals surface area contributed by atoms with Gasteiger partial charge in [0.25, 0.3) is 0 Å². The van der Waals surface area contributed by atoms with Gasteiger partial charge in [-0.1, -0.05) is 64.1 Å². The third-order valence-electron chi connectivity index (χ3n) is 2.70. The van der Waals surface area contributed by atoms with E-state index in [0.717, 1.165) is 19.5 Å². The number of likely N-dealkylation sites (N-methyl/N-ethyl adjacent to an activating group) is 1. The van der Waals surface area contributed by atoms with E-state index in [1.807, 2.05) is 0 Å². The van der Waals surface area contributed by atoms with Gasteiger partial charge >= 0.3 is 0 Å². The summed E-state index contributed by atoms with van der Waals surface area (Å²) in [6, 6.07) is 0. The summed E-state index contributed by atoms with van der Waals surface area (Å²) < 4.78 is 4.64. The van der Waals surface area contributed by atoms with Crippen LogP contribution in [0.3, 0.4) is 0 Å². The van der Waals surface area contributed by atoms with Gasteiger partial charge in [0.2, 0.25) is 0 Å². The van der Waals surface area contributed by atoms with E-state index in [1.54, 1.807) is 5.57 Å². The molecular weight excluding hydrogens is 321 g/mol. The maximum Gasteiger partial charge on any atom is 0.0224 e. The zero-order chi connectivity index (χ0) is 12.5. The Labute approximate surface area is 115 Å². The molecule has 0 saturated carbocycles. The summed E-state index contributed by atoms with van der Waals surface area (Å²) in [5.41, 5.74) is 2.74. The summed E-state index contributed by atoms with van der Waals surface area (Å²) in [5, 5.41) is 0. The van der Waals surface area contributed by atoms with Gasteiger partial charge in [-0.15, -0.1) is 0 Å². The van der Waals surface area contributed by atoms with Crippen LogP contribution in [0.15, 0.2) is 46.1 Å². The van der Waals surface area contributed by atoms with Crippen molar-refractivity contribution in [2.24, 2.45) is 0 Å². The Morgan fingerprint density at radius 2 is 2.24 bits per heavy atom. The molecule has 0 N–H and O–H groups in total. The molecule has 0 spiro atoms. The minimum absolute atomic E-state index is 0.0740. The Balaban J connectivity index is 2.75. The molecule has 0 bridgehead atoms. The normalized spacial score (nSPS) is 29.1. The van der Waals surface area contributed by atoms with Gasteiger partial charge in [-0.2, -0.15) is 0 Å². The summed E-state index contributed by atoms with van der Waals surface area (Å²) >= 11 is 0.0740. The van der Waals surface area contributed by atoms with Gasteiger partial charge in [0.05, 0.1) is 0 Å². The molecule has 0 atom stereocenters. The molecule has 0 saturated heterocycles. The second-order valence-electron chi connectivity index (χ2n) is 4.25. The maximum atomic E-state index is 4.08. The largest absolute Gasteiger partial charge is 0.302 e. The predicted molar refractivity (Wildman–Crippen MR) is 88.0 cm³/mol. The Kier molecular flexibility index (Phi) is 7.37. The highest BCUT2D eigenvalue weighted by Crippen LogP contribution is 2.10. The fraction of sp³-hybridized carbons (Fsp3) is 0.400. The monoisotopic (exact) mass is 343 g/mol. The van der Waals surface area contributed by atoms with Crippen LogP contribution in [-0.2, 0) is 0 Å². The number of rotatable bonds is 1. The van der Waals surface area contributed by atoms with Crippen molar-refractivity contribution in [3.05, 3.63) is 46.1 Å². The minimum atomic E-state index is 0.0740. The molecule has 0 fully saturated rings. The lowest BCUT2D eigenvalue weighted by Crippen LogP contribution is -2.22. The van der Waals surface area contributed by atoms with Gasteiger partial charge in [0, 0.05) is 13.1 Å². The van der Waals surface area contributed by atoms with E-state index in [2.05, 4.69) is 57.8 Å². The van der Waals surface area contributed by atoms with Crippen molar-refractivity contribution in [1.82, 2.24) is 4.90 Å². The summed E-state index contributed by atoms with van der Waals surface area (Å²) in [5.74, 6) is 0. The molecule has 0 unspecified atom stereocenters. The molecule has 1 rings (SSSR count). The fourth-order valence-electron chi connectivity index (χ4n) is 1.63. The lowest BCUT2D eigenvalue weighted by Gasteiger charge is -2.17. The molecule has 0 radical (unpaired) electrons. The summed E-state index contributed by atoms with van der Waals surface area (Å²) in [6.07, 6.45) is 11.0. The number of hydrogen-bond acceptors (Lipinski definition) is 1. The van der Waals surface area contributed by atoms with Gasteiger partial charge < -0.3 is 4.90 Å². The van der Waals surface area contributed by atoms with Crippen molar-refractivity contribution in [3.63, 3.8) is 0 Å². The van der Waals surface area contributed by atoms with E-state index in [4.69, 9.17) is 0 Å². The van der Waals surface area contributed by atoms with Crippen molar-refractivity contribution in [2.75, 3.05) is 20.1 Å². The topological polar surface area (TPSA) is 3.24 Å². The molecule has 0 amide bonds. The minimum Gasteiger partial charge on any atom is -0.302 e. The summed E-state index contributed by atoms with van der Waals surface area (Å²) in [4.78, 5) is 2.34. The molecule has 1 aliphatic heterocycles. The van der Waals surface area contributed by atoms with E-state index in [1.165, 1.54) is 12.0 Å². The van der Waals surface area contributed by atoms with Gasteiger partial charge in [-0.05, 0) is 33.6 Å². The first-order chi connectivity index (χ1) is 8.22. The zero-order valence-electron chi connectivity index (χ0n) is 10.8. The van der Waals surface area contributed by atoms with Crippen LogP contribution >= 0.6 is 20.7 Å². The first kappa shape index (κ1) is 14.6. The van der Waals surface area contributed by atoms with Crippen LogP contribution in [0.25, 0.3) is 0 Å². The van der Waals surface area contributed by atoms with E-state index in [-0.39, 0.29) is 20.7 Å². The van der Waals surface area contributed by atoms with E-state index in [9.17, 15) is 0 Å². The van der Waals surface area contributed by atoms with Crippen LogP contribution < -0.4 is 0 Å². The predicted octanol–water partition coefficient (Wildman–Crippen LogP) is 4.06. The van der Waals surface area contributed by atoms with E-state index >= 15 is 0 Å². The molecule has 1 nitrogen and oxygen atoms in total. The second-order valence-corrected chi connectivity index (χ2v) is 6.41. The molecular formula is C15H22IN. The Morgan fingerprint density at radius 3 is 3.00 bits per heavy atom. The SMILES string of the molecule is C=C1\C=C/C=C\I=C/C=C(\CC)CCN(C)C1. The second kappa shape index (κ2) is 8.59. The van der Waals surface area contributed by atoms with Gasteiger partial charge in [-0.25, -0.2) is 0 Å². The smallest absolute Gasteiger partial charge is 0.0224 e. The quantitative estimate of drug-likeness (QED) is 0.649. The molecule has 1 heterocycles. The molecule has 0 aromatic heterocycles. The summed E-state index contributed by atoms with van der Waals surface area (Å²) in [6.45, 7) is 8.40. The first-order valence-corrected chi connectivity index (χ1v) is 8.54. The number of allylic oxidation sites excluding steroid dienone is 3. The van der Waals surface area contributed by atoms with Gasteiger partial charge in [0.15, 0.2) is 0 Å². The Bertz CT molecular complexity index is 361. The first-order valence-electron chi connectivity index (χ1n) is 6.05. The third-order valence-corrected chi connectivity index (χ3v) is 4.31. The molecule has 94 valence electrons. The molecule has 1 aliphatic rings. The van der Waals surface area contributed by atoms with Crippen LogP contribution in [0.4, 0.5) is 0 Å². The average Bonchev–Trinajstić information content (AvgIpc) is 2.32. The molecule has 0 aliphatic carbocycles. The Morgan fingerprint density at radius 1 is 1.41 bits per heavy atom. The summed E-state index contributed by atoms with van der Waals surface area (Å²) in [7, 11) is 2.17. The molecule has 17 heavy (non-hydrogen) atoms. The van der Waals surface area contributed by atoms with Crippen molar-refractivity contribution in [3.8, 4) is 0 Å². The van der Waals surface area contributed by atoms with Crippen LogP contribution in [0.1, 0.15) is 19.8 Å². The van der Waals surface area contributed by atoms with Gasteiger partial charge in [0.1, 0.15) is 0 Å². The van der Waals surface area contributed by atoms with Crippen LogP contribution in [0.2, 0.25) is 0 Å². The lowest BCUT2D eigenvalue weighted by molar-refractivity contribution is 0.368. The Hall–Kier alpha value is -0.480. The highest BCUT2D eigenvalue weighted by Gasteiger charge is 2.01. The third kappa shape index (κ3) is 6.74. The van der Waals surface area contributed by atoms with Crippen molar-refractivity contribution < 1.29 is 0 Å². The average molecular weight is 343 g/mol. The zero-order valence-corrected chi connectivity index (χ0v) is 13.0. The van der Waals surface area contributed by atoms with Crippen LogP contribution in [0, 0.1) is 0 Å². The number of nitrogens with zero attached hydrogens (tertiary/aromatic N) is 1. The van der Waals surface area contributed by atoms with Gasteiger partial charge in [-0.3, -0.25) is 0 Å². The standard InChI is InChI=1S/C15H22IN/c1-4-15-8-11-16-10-6-5-7-14(2)13-17(3)12-9-15/h5-8,10-11H,2,4,9,12-13H2,1,3H3/b7-5-,10-6-,15-8+. The van der Waals surface area contributed by atoms with E-state index < -0.39 is 0 Å². The van der Waals surface area contributed by atoms with Crippen molar-refractivity contribution >= 4 is 24.7 Å². The maximum absolute atomic E-state index is 4.08. The van der Waals surface area contributed by atoms with Crippen molar-refractivity contribution in [1.29, 1.82) is 0 Å². The highest BCUT2D eigenvalue weighted by atomic mass is 127. The highest BCUT2D eigenvalue weighted by molar-refractivity contribution is 14.2. The van der Waals surface area contributed by atoms with Crippen LogP contribution in [0.5, 0.6) is 0 Å². The van der Waals surface area contributed by atoms with Crippen molar-refractivity contribution in [2.45, 2.75) is 19.8 Å². The molecule has 0 aromatic carbocycles. The number of hydrogen-bond donors (Lipinski definition) is 0. The lowest BCUT2D eigenvalue weighted by atomic mass is 10.1. The van der Waals surface area contributed by atoms with Crippen LogP contribution in [-0.4, -0.2) is 29.0 Å². The molecule has 2 heteroatoms. The molecule has 0 aromatic rings.